The third-order valence-electron chi connectivity index (χ3n) is 6.63. The smallest absolute Gasteiger partial charge is 0.407 e. The molecule has 0 radical (unpaired) electrons. The molecule has 2 amide bonds. The minimum atomic E-state index is -0.799. The Morgan fingerprint density at radius 2 is 1.62 bits per heavy atom. The lowest BCUT2D eigenvalue weighted by molar-refractivity contribution is -0.143. The van der Waals surface area contributed by atoms with Crippen molar-refractivity contribution in [3.63, 3.8) is 0 Å². The van der Waals surface area contributed by atoms with Gasteiger partial charge in [0.25, 0.3) is 0 Å². The maximum Gasteiger partial charge on any atom is 0.407 e. The van der Waals surface area contributed by atoms with Crippen LogP contribution in [0, 0.1) is 11.8 Å². The van der Waals surface area contributed by atoms with Gasteiger partial charge in [-0.1, -0.05) is 55.0 Å². The van der Waals surface area contributed by atoms with Crippen molar-refractivity contribution in [2.24, 2.45) is 11.8 Å². The molecular formula is C26H30N2O6. The Hall–Kier alpha value is -3.39. The molecule has 0 aromatic heterocycles. The Balaban J connectivity index is 1.12. The Morgan fingerprint density at radius 3 is 2.29 bits per heavy atom. The van der Waals surface area contributed by atoms with Gasteiger partial charge in [-0.05, 0) is 41.0 Å². The Bertz CT molecular complexity index is 994. The molecule has 2 aliphatic carbocycles. The van der Waals surface area contributed by atoms with Crippen LogP contribution in [0.3, 0.4) is 0 Å². The molecule has 2 atom stereocenters. The first-order valence-electron chi connectivity index (χ1n) is 11.7. The molecule has 0 spiro atoms. The van der Waals surface area contributed by atoms with E-state index in [1.165, 1.54) is 11.1 Å². The Labute approximate surface area is 198 Å². The third-order valence-corrected chi connectivity index (χ3v) is 6.63. The van der Waals surface area contributed by atoms with Crippen LogP contribution >= 0.6 is 0 Å². The number of carboxylic acid groups (broad SMARTS) is 1. The quantitative estimate of drug-likeness (QED) is 0.464. The minimum absolute atomic E-state index is 0.00121. The van der Waals surface area contributed by atoms with E-state index in [1.807, 2.05) is 24.3 Å². The van der Waals surface area contributed by atoms with Crippen LogP contribution in [-0.2, 0) is 19.1 Å². The number of ether oxygens (including phenoxy) is 2. The Morgan fingerprint density at radius 1 is 0.941 bits per heavy atom. The van der Waals surface area contributed by atoms with Crippen molar-refractivity contribution < 1.29 is 29.0 Å². The maximum atomic E-state index is 12.1. The van der Waals surface area contributed by atoms with Gasteiger partial charge in [0.2, 0.25) is 5.91 Å². The van der Waals surface area contributed by atoms with E-state index < -0.39 is 12.1 Å². The van der Waals surface area contributed by atoms with Gasteiger partial charge in [0, 0.05) is 19.0 Å². The molecule has 2 aromatic rings. The van der Waals surface area contributed by atoms with E-state index in [0.717, 1.165) is 24.0 Å². The number of hydrogen-bond acceptors (Lipinski definition) is 5. The van der Waals surface area contributed by atoms with E-state index in [4.69, 9.17) is 9.47 Å². The molecule has 2 unspecified atom stereocenters. The van der Waals surface area contributed by atoms with E-state index in [1.54, 1.807) is 0 Å². The molecule has 1 fully saturated rings. The zero-order chi connectivity index (χ0) is 23.9. The lowest BCUT2D eigenvalue weighted by Crippen LogP contribution is -2.36. The number of aliphatic carboxylic acids is 1. The molecule has 1 saturated carbocycles. The van der Waals surface area contributed by atoms with E-state index in [-0.39, 0.29) is 50.0 Å². The lowest BCUT2D eigenvalue weighted by atomic mass is 9.96. The molecule has 4 rings (SSSR count). The first kappa shape index (κ1) is 23.8. The summed E-state index contributed by atoms with van der Waals surface area (Å²) in [6.45, 7) is 0.822. The molecular weight excluding hydrogens is 436 g/mol. The summed E-state index contributed by atoms with van der Waals surface area (Å²) in [5, 5.41) is 14.6. The molecule has 34 heavy (non-hydrogen) atoms. The van der Waals surface area contributed by atoms with Crippen LogP contribution in [-0.4, -0.2) is 56.0 Å². The summed E-state index contributed by atoms with van der Waals surface area (Å²) < 4.78 is 10.8. The number of carbonyl (C=O) groups is 3. The fraction of sp³-hybridized carbons (Fsp3) is 0.423. The van der Waals surface area contributed by atoms with Gasteiger partial charge in [0.15, 0.2) is 0 Å². The molecule has 2 aromatic carbocycles. The zero-order valence-corrected chi connectivity index (χ0v) is 19.0. The van der Waals surface area contributed by atoms with Gasteiger partial charge in [-0.2, -0.15) is 0 Å². The van der Waals surface area contributed by atoms with Gasteiger partial charge < -0.3 is 25.2 Å². The van der Waals surface area contributed by atoms with Gasteiger partial charge in [-0.25, -0.2) is 4.79 Å². The molecule has 2 aliphatic rings. The highest BCUT2D eigenvalue weighted by molar-refractivity contribution is 5.79. The van der Waals surface area contributed by atoms with Crippen molar-refractivity contribution in [1.82, 2.24) is 10.6 Å². The summed E-state index contributed by atoms with van der Waals surface area (Å²) in [6.07, 6.45) is 1.81. The molecule has 0 saturated heterocycles. The standard InChI is InChI=1S/C26H30N2O6/c29-24(28-14-17-6-5-11-18(17)25(30)31)16-33-13-12-27-26(32)34-15-23-21-9-3-1-7-19(21)20-8-2-4-10-22(20)23/h1-4,7-10,17-18,23H,5-6,11-16H2,(H,27,32)(H,28,29)(H,30,31). The highest BCUT2D eigenvalue weighted by atomic mass is 16.5. The molecule has 8 heteroatoms. The second-order valence-electron chi connectivity index (χ2n) is 8.74. The normalized spacial score (nSPS) is 18.7. The topological polar surface area (TPSA) is 114 Å². The van der Waals surface area contributed by atoms with Crippen LogP contribution in [0.5, 0.6) is 0 Å². The highest BCUT2D eigenvalue weighted by Crippen LogP contribution is 2.44. The average molecular weight is 467 g/mol. The summed E-state index contributed by atoms with van der Waals surface area (Å²) in [4.78, 5) is 35.3. The number of carbonyl (C=O) groups excluding carboxylic acids is 2. The predicted octanol–water partition coefficient (Wildman–Crippen LogP) is 3.16. The largest absolute Gasteiger partial charge is 0.481 e. The number of rotatable bonds is 10. The number of hydrogen-bond donors (Lipinski definition) is 3. The predicted molar refractivity (Wildman–Crippen MR) is 125 cm³/mol. The van der Waals surface area contributed by atoms with Crippen molar-refractivity contribution in [2.45, 2.75) is 25.2 Å². The van der Waals surface area contributed by atoms with Gasteiger partial charge in [-0.15, -0.1) is 0 Å². The SMILES string of the molecule is O=C(COCCNC(=O)OCC1c2ccccc2-c2ccccc21)NCC1CCCC1C(=O)O. The lowest BCUT2D eigenvalue weighted by Gasteiger charge is -2.16. The van der Waals surface area contributed by atoms with Gasteiger partial charge in [0.1, 0.15) is 13.2 Å². The van der Waals surface area contributed by atoms with Crippen LogP contribution in [0.15, 0.2) is 48.5 Å². The second kappa shape index (κ2) is 11.2. The highest BCUT2D eigenvalue weighted by Gasteiger charge is 2.33. The first-order valence-corrected chi connectivity index (χ1v) is 11.7. The van der Waals surface area contributed by atoms with Gasteiger partial charge in [-0.3, -0.25) is 9.59 Å². The molecule has 0 aliphatic heterocycles. The van der Waals surface area contributed by atoms with E-state index in [2.05, 4.69) is 34.9 Å². The van der Waals surface area contributed by atoms with Crippen molar-refractivity contribution in [1.29, 1.82) is 0 Å². The fourth-order valence-electron chi connectivity index (χ4n) is 4.94. The monoisotopic (exact) mass is 466 g/mol. The number of amides is 2. The average Bonchev–Trinajstić information content (AvgIpc) is 3.44. The van der Waals surface area contributed by atoms with Crippen LogP contribution in [0.25, 0.3) is 11.1 Å². The van der Waals surface area contributed by atoms with Crippen LogP contribution < -0.4 is 10.6 Å². The fourth-order valence-corrected chi connectivity index (χ4v) is 4.94. The molecule has 3 N–H and O–H groups in total. The van der Waals surface area contributed by atoms with E-state index >= 15 is 0 Å². The molecule has 0 heterocycles. The van der Waals surface area contributed by atoms with Crippen molar-refractivity contribution in [2.75, 3.05) is 32.9 Å². The summed E-state index contributed by atoms with van der Waals surface area (Å²) in [5.41, 5.74) is 4.65. The summed E-state index contributed by atoms with van der Waals surface area (Å²) in [6, 6.07) is 16.3. The Kier molecular flexibility index (Phi) is 7.80. The summed E-state index contributed by atoms with van der Waals surface area (Å²) in [5.74, 6) is -1.51. The van der Waals surface area contributed by atoms with Crippen LogP contribution in [0.1, 0.15) is 36.3 Å². The number of nitrogens with one attached hydrogen (secondary N) is 2. The number of alkyl carbamates (subject to hydrolysis) is 1. The molecule has 8 nitrogen and oxygen atoms in total. The van der Waals surface area contributed by atoms with Crippen molar-refractivity contribution >= 4 is 18.0 Å². The zero-order valence-electron chi connectivity index (χ0n) is 19.0. The number of benzene rings is 2. The summed E-state index contributed by atoms with van der Waals surface area (Å²) >= 11 is 0. The van der Waals surface area contributed by atoms with Crippen LogP contribution in [0.4, 0.5) is 4.79 Å². The first-order chi connectivity index (χ1) is 16.5. The number of fused-ring (bicyclic) bond motifs is 3. The molecule has 180 valence electrons. The summed E-state index contributed by atoms with van der Waals surface area (Å²) in [7, 11) is 0. The third kappa shape index (κ3) is 5.56. The van der Waals surface area contributed by atoms with E-state index in [9.17, 15) is 19.5 Å². The number of carboxylic acids is 1. The van der Waals surface area contributed by atoms with Crippen molar-refractivity contribution in [3.05, 3.63) is 59.7 Å². The van der Waals surface area contributed by atoms with Gasteiger partial charge >= 0.3 is 12.1 Å². The maximum absolute atomic E-state index is 12.1. The second-order valence-corrected chi connectivity index (χ2v) is 8.74. The van der Waals surface area contributed by atoms with Gasteiger partial charge in [0.05, 0.1) is 12.5 Å². The molecule has 0 bridgehead atoms. The minimum Gasteiger partial charge on any atom is -0.481 e. The van der Waals surface area contributed by atoms with Crippen LogP contribution in [0.2, 0.25) is 0 Å². The van der Waals surface area contributed by atoms with Crippen molar-refractivity contribution in [3.8, 4) is 11.1 Å². The van der Waals surface area contributed by atoms with E-state index in [0.29, 0.717) is 13.0 Å².